The highest BCUT2D eigenvalue weighted by molar-refractivity contribution is 5.45. The highest BCUT2D eigenvalue weighted by atomic mass is 16.3. The number of hydrogen-bond acceptors (Lipinski definition) is 2. The smallest absolute Gasteiger partial charge is 0.0995 e. The Kier molecular flexibility index (Phi) is 2.02. The van der Waals surface area contributed by atoms with Crippen LogP contribution in [0.25, 0.3) is 5.52 Å². The summed E-state index contributed by atoms with van der Waals surface area (Å²) in [7, 11) is 0. The van der Waals surface area contributed by atoms with Gasteiger partial charge in [0, 0.05) is 0 Å². The summed E-state index contributed by atoms with van der Waals surface area (Å²) in [5, 5.41) is 9.70. The standard InChI is InChI=1S/C10H12N2O/c1-2-10(13)9-5-3-4-8-6-11-7-12(8)9/h3-7,10,13H,2H2,1H3. The van der Waals surface area contributed by atoms with E-state index in [1.54, 1.807) is 12.5 Å². The summed E-state index contributed by atoms with van der Waals surface area (Å²) >= 11 is 0. The average molecular weight is 176 g/mol. The van der Waals surface area contributed by atoms with Gasteiger partial charge in [0.05, 0.1) is 29.8 Å². The highest BCUT2D eigenvalue weighted by Crippen LogP contribution is 2.17. The molecule has 0 spiro atoms. The third-order valence-electron chi connectivity index (χ3n) is 2.21. The van der Waals surface area contributed by atoms with Crippen LogP contribution >= 0.6 is 0 Å². The zero-order chi connectivity index (χ0) is 9.26. The summed E-state index contributed by atoms with van der Waals surface area (Å²) in [6.45, 7) is 1.96. The minimum absolute atomic E-state index is 0.405. The van der Waals surface area contributed by atoms with Crippen LogP contribution in [-0.2, 0) is 0 Å². The van der Waals surface area contributed by atoms with Gasteiger partial charge in [0.25, 0.3) is 0 Å². The van der Waals surface area contributed by atoms with Gasteiger partial charge in [-0.1, -0.05) is 13.0 Å². The molecule has 2 heterocycles. The Morgan fingerprint density at radius 1 is 1.54 bits per heavy atom. The molecule has 0 fully saturated rings. The van der Waals surface area contributed by atoms with Crippen LogP contribution in [0.2, 0.25) is 0 Å². The number of aliphatic hydroxyl groups excluding tert-OH is 1. The lowest BCUT2D eigenvalue weighted by molar-refractivity contribution is 0.167. The van der Waals surface area contributed by atoms with E-state index in [4.69, 9.17) is 0 Å². The second kappa shape index (κ2) is 3.18. The first-order valence-corrected chi connectivity index (χ1v) is 4.42. The van der Waals surface area contributed by atoms with Crippen LogP contribution in [0, 0.1) is 0 Å². The molecule has 68 valence electrons. The number of aromatic nitrogens is 2. The second-order valence-electron chi connectivity index (χ2n) is 3.06. The van der Waals surface area contributed by atoms with Crippen molar-refractivity contribution in [3.05, 3.63) is 36.4 Å². The van der Waals surface area contributed by atoms with E-state index in [1.807, 2.05) is 29.5 Å². The molecule has 2 aromatic heterocycles. The lowest BCUT2D eigenvalue weighted by atomic mass is 10.2. The third-order valence-corrected chi connectivity index (χ3v) is 2.21. The Balaban J connectivity index is 2.60. The summed E-state index contributed by atoms with van der Waals surface area (Å²) in [6, 6.07) is 5.83. The van der Waals surface area contributed by atoms with Crippen LogP contribution in [0.5, 0.6) is 0 Å². The molecule has 2 rings (SSSR count). The van der Waals surface area contributed by atoms with Gasteiger partial charge in [-0.2, -0.15) is 0 Å². The Bertz CT molecular complexity index is 408. The third kappa shape index (κ3) is 1.31. The fraction of sp³-hybridized carbons (Fsp3) is 0.300. The van der Waals surface area contributed by atoms with E-state index in [1.165, 1.54) is 0 Å². The van der Waals surface area contributed by atoms with E-state index < -0.39 is 6.10 Å². The minimum atomic E-state index is -0.405. The molecule has 0 radical (unpaired) electrons. The van der Waals surface area contributed by atoms with Crippen molar-refractivity contribution in [2.24, 2.45) is 0 Å². The SMILES string of the molecule is CCC(O)c1cccc2cncn12. The first-order valence-electron chi connectivity index (χ1n) is 4.42. The lowest BCUT2D eigenvalue weighted by Crippen LogP contribution is -2.01. The number of pyridine rings is 1. The predicted molar refractivity (Wildman–Crippen MR) is 50.4 cm³/mol. The molecule has 1 atom stereocenters. The molecule has 0 saturated heterocycles. The van der Waals surface area contributed by atoms with Crippen LogP contribution in [0.15, 0.2) is 30.7 Å². The number of hydrogen-bond donors (Lipinski definition) is 1. The van der Waals surface area contributed by atoms with Crippen molar-refractivity contribution >= 4 is 5.52 Å². The van der Waals surface area contributed by atoms with Crippen LogP contribution in [0.4, 0.5) is 0 Å². The maximum Gasteiger partial charge on any atom is 0.0995 e. The largest absolute Gasteiger partial charge is 0.387 e. The van der Waals surface area contributed by atoms with Crippen LogP contribution in [0.3, 0.4) is 0 Å². The summed E-state index contributed by atoms with van der Waals surface area (Å²) in [4.78, 5) is 4.03. The van der Waals surface area contributed by atoms with Crippen molar-refractivity contribution in [1.29, 1.82) is 0 Å². The molecule has 3 nitrogen and oxygen atoms in total. The molecule has 3 heteroatoms. The first kappa shape index (κ1) is 8.26. The Hall–Kier alpha value is -1.35. The molecular weight excluding hydrogens is 164 g/mol. The summed E-state index contributed by atoms with van der Waals surface area (Å²) in [5.74, 6) is 0. The van der Waals surface area contributed by atoms with Crippen molar-refractivity contribution in [2.75, 3.05) is 0 Å². The van der Waals surface area contributed by atoms with Gasteiger partial charge in [-0.05, 0) is 18.6 Å². The molecule has 0 saturated carbocycles. The van der Waals surface area contributed by atoms with Gasteiger partial charge in [0.2, 0.25) is 0 Å². The van der Waals surface area contributed by atoms with Crippen molar-refractivity contribution in [1.82, 2.24) is 9.38 Å². The van der Waals surface area contributed by atoms with Crippen LogP contribution in [0.1, 0.15) is 25.1 Å². The van der Waals surface area contributed by atoms with Crippen LogP contribution in [-0.4, -0.2) is 14.5 Å². The fourth-order valence-corrected chi connectivity index (χ4v) is 1.45. The predicted octanol–water partition coefficient (Wildman–Crippen LogP) is 1.78. The Morgan fingerprint density at radius 3 is 3.15 bits per heavy atom. The van der Waals surface area contributed by atoms with Crippen LogP contribution < -0.4 is 0 Å². The summed E-state index contributed by atoms with van der Waals surface area (Å²) in [5.41, 5.74) is 1.92. The molecule has 0 aliphatic carbocycles. The van der Waals surface area contributed by atoms with Gasteiger partial charge in [0.15, 0.2) is 0 Å². The van der Waals surface area contributed by atoms with E-state index >= 15 is 0 Å². The Morgan fingerprint density at radius 2 is 2.38 bits per heavy atom. The van der Waals surface area contributed by atoms with Gasteiger partial charge in [-0.15, -0.1) is 0 Å². The molecule has 0 amide bonds. The maximum absolute atomic E-state index is 9.70. The topological polar surface area (TPSA) is 37.5 Å². The highest BCUT2D eigenvalue weighted by Gasteiger charge is 2.07. The Labute approximate surface area is 76.7 Å². The van der Waals surface area contributed by atoms with Gasteiger partial charge < -0.3 is 9.51 Å². The molecule has 0 aromatic carbocycles. The van der Waals surface area contributed by atoms with Gasteiger partial charge >= 0.3 is 0 Å². The van der Waals surface area contributed by atoms with Crippen molar-refractivity contribution < 1.29 is 5.11 Å². The monoisotopic (exact) mass is 176 g/mol. The quantitative estimate of drug-likeness (QED) is 0.757. The lowest BCUT2D eigenvalue weighted by Gasteiger charge is -2.10. The van der Waals surface area contributed by atoms with Crippen molar-refractivity contribution in [3.8, 4) is 0 Å². The summed E-state index contributed by atoms with van der Waals surface area (Å²) < 4.78 is 1.91. The molecule has 2 aromatic rings. The van der Waals surface area contributed by atoms with E-state index in [2.05, 4.69) is 4.98 Å². The van der Waals surface area contributed by atoms with Crippen molar-refractivity contribution in [2.45, 2.75) is 19.4 Å². The normalized spacial score (nSPS) is 13.4. The van der Waals surface area contributed by atoms with E-state index in [-0.39, 0.29) is 0 Å². The number of aliphatic hydroxyl groups is 1. The van der Waals surface area contributed by atoms with E-state index in [0.29, 0.717) is 0 Å². The first-order chi connectivity index (χ1) is 6.33. The minimum Gasteiger partial charge on any atom is -0.387 e. The molecule has 0 bridgehead atoms. The number of imidazole rings is 1. The molecule has 1 unspecified atom stereocenters. The van der Waals surface area contributed by atoms with E-state index in [0.717, 1.165) is 17.6 Å². The molecule has 1 N–H and O–H groups in total. The zero-order valence-electron chi connectivity index (χ0n) is 7.51. The fourth-order valence-electron chi connectivity index (χ4n) is 1.45. The van der Waals surface area contributed by atoms with E-state index in [9.17, 15) is 5.11 Å². The molecule has 0 aliphatic rings. The second-order valence-corrected chi connectivity index (χ2v) is 3.06. The number of nitrogens with zero attached hydrogens (tertiary/aromatic N) is 2. The molecular formula is C10H12N2O. The average Bonchev–Trinajstić information content (AvgIpc) is 2.63. The maximum atomic E-state index is 9.70. The zero-order valence-corrected chi connectivity index (χ0v) is 7.51. The van der Waals surface area contributed by atoms with Gasteiger partial charge in [-0.25, -0.2) is 4.98 Å². The number of fused-ring (bicyclic) bond motifs is 1. The molecule has 13 heavy (non-hydrogen) atoms. The summed E-state index contributed by atoms with van der Waals surface area (Å²) in [6.07, 6.45) is 3.82. The van der Waals surface area contributed by atoms with Crippen molar-refractivity contribution in [3.63, 3.8) is 0 Å². The van der Waals surface area contributed by atoms with Gasteiger partial charge in [-0.3, -0.25) is 0 Å². The van der Waals surface area contributed by atoms with Gasteiger partial charge in [0.1, 0.15) is 0 Å². The number of rotatable bonds is 2. The molecule has 0 aliphatic heterocycles.